The quantitative estimate of drug-likeness (QED) is 0.661. The van der Waals surface area contributed by atoms with E-state index < -0.39 is 17.9 Å². The fourth-order valence-corrected chi connectivity index (χ4v) is 3.96. The second-order valence-electron chi connectivity index (χ2n) is 6.94. The maximum Gasteiger partial charge on any atom is 0.255 e. The van der Waals surface area contributed by atoms with Gasteiger partial charge >= 0.3 is 0 Å². The van der Waals surface area contributed by atoms with Crippen molar-refractivity contribution < 1.29 is 19.1 Å². The van der Waals surface area contributed by atoms with Gasteiger partial charge in [-0.05, 0) is 47.0 Å². The van der Waals surface area contributed by atoms with Crippen LogP contribution in [0.1, 0.15) is 39.0 Å². The van der Waals surface area contributed by atoms with E-state index in [4.69, 9.17) is 11.6 Å². The molecule has 0 unspecified atom stereocenters. The minimum Gasteiger partial charge on any atom is -0.549 e. The van der Waals surface area contributed by atoms with Crippen LogP contribution in [0.25, 0.3) is 0 Å². The largest absolute Gasteiger partial charge is 0.549 e. The summed E-state index contributed by atoms with van der Waals surface area (Å²) in [4.78, 5) is 27.0. The third-order valence-electron chi connectivity index (χ3n) is 5.17. The average molecular weight is 409 g/mol. The maximum absolute atomic E-state index is 13.3. The summed E-state index contributed by atoms with van der Waals surface area (Å²) in [7, 11) is 0. The molecule has 6 heteroatoms. The molecule has 0 radical (unpaired) electrons. The molecule has 146 valence electrons. The zero-order chi connectivity index (χ0) is 20.5. The molecule has 0 spiro atoms. The molecule has 0 saturated heterocycles. The Labute approximate surface area is 172 Å². The molecule has 0 N–H and O–H groups in total. The Kier molecular flexibility index (Phi) is 5.07. The molecular formula is C23H16ClFNO3-. The van der Waals surface area contributed by atoms with Crippen LogP contribution in [0.4, 0.5) is 4.39 Å². The van der Waals surface area contributed by atoms with Crippen molar-refractivity contribution in [3.05, 3.63) is 106 Å². The van der Waals surface area contributed by atoms with Crippen molar-refractivity contribution in [1.82, 2.24) is 4.90 Å². The van der Waals surface area contributed by atoms with Gasteiger partial charge in [-0.25, -0.2) is 4.39 Å². The number of rotatable bonds is 4. The van der Waals surface area contributed by atoms with E-state index in [1.54, 1.807) is 60.7 Å². The van der Waals surface area contributed by atoms with Crippen LogP contribution in [0, 0.1) is 5.82 Å². The molecule has 3 aromatic rings. The van der Waals surface area contributed by atoms with Crippen LogP contribution in [-0.4, -0.2) is 16.8 Å². The first-order valence-electron chi connectivity index (χ1n) is 9.06. The fourth-order valence-electron chi connectivity index (χ4n) is 3.84. The highest BCUT2D eigenvalue weighted by Gasteiger charge is 2.41. The molecule has 1 aliphatic heterocycles. The smallest absolute Gasteiger partial charge is 0.255 e. The minimum atomic E-state index is -1.27. The SMILES string of the molecule is O=C([O-])[C@H]1c2ccccc2C(=O)N(Cc2ccc(F)cc2)[C@H]1c1ccc(Cl)cc1. The van der Waals surface area contributed by atoms with Gasteiger partial charge in [0.2, 0.25) is 0 Å². The molecule has 3 aromatic carbocycles. The number of carbonyl (C=O) groups excluding carboxylic acids is 2. The second kappa shape index (κ2) is 7.68. The molecule has 0 saturated carbocycles. The molecular weight excluding hydrogens is 393 g/mol. The van der Waals surface area contributed by atoms with Gasteiger partial charge < -0.3 is 14.8 Å². The lowest BCUT2D eigenvalue weighted by atomic mass is 9.79. The molecule has 0 bridgehead atoms. The van der Waals surface area contributed by atoms with Gasteiger partial charge in [-0.15, -0.1) is 0 Å². The van der Waals surface area contributed by atoms with Crippen LogP contribution in [-0.2, 0) is 11.3 Å². The number of carboxylic acid groups (broad SMARTS) is 1. The molecule has 0 aliphatic carbocycles. The van der Waals surface area contributed by atoms with Crippen LogP contribution in [0.5, 0.6) is 0 Å². The zero-order valence-electron chi connectivity index (χ0n) is 15.2. The molecule has 29 heavy (non-hydrogen) atoms. The van der Waals surface area contributed by atoms with Crippen molar-refractivity contribution in [3.63, 3.8) is 0 Å². The number of hydrogen-bond acceptors (Lipinski definition) is 3. The molecule has 0 fully saturated rings. The standard InChI is InChI=1S/C23H17ClFNO3/c24-16-9-7-15(8-10-16)21-20(23(28)29)18-3-1-2-4-19(18)22(27)26(21)13-14-5-11-17(25)12-6-14/h1-12,20-21H,13H2,(H,28,29)/p-1/t20-,21-/m0/s1. The van der Waals surface area contributed by atoms with Gasteiger partial charge in [0.15, 0.2) is 0 Å². The maximum atomic E-state index is 13.3. The summed E-state index contributed by atoms with van der Waals surface area (Å²) in [5, 5.41) is 12.7. The zero-order valence-corrected chi connectivity index (χ0v) is 16.0. The highest BCUT2D eigenvalue weighted by Crippen LogP contribution is 2.43. The summed E-state index contributed by atoms with van der Waals surface area (Å²) in [6, 6.07) is 18.4. The number of benzene rings is 3. The van der Waals surface area contributed by atoms with Crippen LogP contribution >= 0.6 is 11.6 Å². The number of hydrogen-bond donors (Lipinski definition) is 0. The number of carboxylic acids is 1. The number of carbonyl (C=O) groups is 2. The van der Waals surface area contributed by atoms with E-state index in [2.05, 4.69) is 0 Å². The highest BCUT2D eigenvalue weighted by molar-refractivity contribution is 6.30. The summed E-state index contributed by atoms with van der Waals surface area (Å²) >= 11 is 6.00. The van der Waals surface area contributed by atoms with E-state index in [0.29, 0.717) is 27.3 Å². The molecule has 0 aromatic heterocycles. The van der Waals surface area contributed by atoms with Gasteiger partial charge in [0.25, 0.3) is 5.91 Å². The van der Waals surface area contributed by atoms with Crippen LogP contribution < -0.4 is 5.11 Å². The average Bonchev–Trinajstić information content (AvgIpc) is 2.72. The van der Waals surface area contributed by atoms with Crippen molar-refractivity contribution in [2.24, 2.45) is 0 Å². The summed E-state index contributed by atoms with van der Waals surface area (Å²) in [5.41, 5.74) is 2.07. The van der Waals surface area contributed by atoms with Crippen LogP contribution in [0.3, 0.4) is 0 Å². The summed E-state index contributed by atoms with van der Waals surface area (Å²) in [6.07, 6.45) is 0. The topological polar surface area (TPSA) is 60.4 Å². The lowest BCUT2D eigenvalue weighted by Crippen LogP contribution is -2.47. The van der Waals surface area contributed by atoms with Gasteiger partial charge in [0.1, 0.15) is 5.82 Å². The Morgan fingerprint density at radius 3 is 2.31 bits per heavy atom. The molecule has 1 heterocycles. The van der Waals surface area contributed by atoms with Gasteiger partial charge in [0, 0.05) is 23.0 Å². The monoisotopic (exact) mass is 408 g/mol. The van der Waals surface area contributed by atoms with E-state index in [9.17, 15) is 19.1 Å². The van der Waals surface area contributed by atoms with Crippen molar-refractivity contribution >= 4 is 23.5 Å². The van der Waals surface area contributed by atoms with Crippen molar-refractivity contribution in [1.29, 1.82) is 0 Å². The van der Waals surface area contributed by atoms with E-state index in [1.165, 1.54) is 17.0 Å². The lowest BCUT2D eigenvalue weighted by Gasteiger charge is -2.43. The van der Waals surface area contributed by atoms with E-state index in [-0.39, 0.29) is 18.3 Å². The Balaban J connectivity index is 1.87. The Hall–Kier alpha value is -3.18. The highest BCUT2D eigenvalue weighted by atomic mass is 35.5. The van der Waals surface area contributed by atoms with Gasteiger partial charge in [0.05, 0.1) is 12.0 Å². The Morgan fingerprint density at radius 2 is 1.66 bits per heavy atom. The summed E-state index contributed by atoms with van der Waals surface area (Å²) in [6.45, 7) is 0.129. The number of aliphatic carboxylic acids is 1. The van der Waals surface area contributed by atoms with Crippen molar-refractivity contribution in [3.8, 4) is 0 Å². The number of amides is 1. The summed E-state index contributed by atoms with van der Waals surface area (Å²) < 4.78 is 13.3. The fraction of sp³-hybridized carbons (Fsp3) is 0.130. The third kappa shape index (κ3) is 3.61. The Bertz CT molecular complexity index is 1070. The molecule has 4 nitrogen and oxygen atoms in total. The van der Waals surface area contributed by atoms with E-state index in [0.717, 1.165) is 0 Å². The second-order valence-corrected chi connectivity index (χ2v) is 7.38. The number of halogens is 2. The predicted octanol–water partition coefficient (Wildman–Crippen LogP) is 3.71. The first-order chi connectivity index (χ1) is 14.0. The van der Waals surface area contributed by atoms with E-state index >= 15 is 0 Å². The molecule has 1 aliphatic rings. The number of fused-ring (bicyclic) bond motifs is 1. The third-order valence-corrected chi connectivity index (χ3v) is 5.42. The minimum absolute atomic E-state index is 0.129. The molecule has 1 amide bonds. The first kappa shape index (κ1) is 19.2. The Morgan fingerprint density at radius 1 is 1.00 bits per heavy atom. The molecule has 2 atom stereocenters. The van der Waals surface area contributed by atoms with Gasteiger partial charge in [-0.1, -0.05) is 54.1 Å². The van der Waals surface area contributed by atoms with Crippen molar-refractivity contribution in [2.75, 3.05) is 0 Å². The van der Waals surface area contributed by atoms with Crippen LogP contribution in [0.15, 0.2) is 72.8 Å². The van der Waals surface area contributed by atoms with Gasteiger partial charge in [-0.3, -0.25) is 4.79 Å². The van der Waals surface area contributed by atoms with Gasteiger partial charge in [-0.2, -0.15) is 0 Å². The first-order valence-corrected chi connectivity index (χ1v) is 9.44. The lowest BCUT2D eigenvalue weighted by molar-refractivity contribution is -0.309. The number of nitrogens with zero attached hydrogens (tertiary/aromatic N) is 1. The normalized spacial score (nSPS) is 18.4. The predicted molar refractivity (Wildman–Crippen MR) is 105 cm³/mol. The van der Waals surface area contributed by atoms with E-state index in [1.807, 2.05) is 0 Å². The van der Waals surface area contributed by atoms with Crippen molar-refractivity contribution in [2.45, 2.75) is 18.5 Å². The van der Waals surface area contributed by atoms with Crippen LogP contribution in [0.2, 0.25) is 5.02 Å². The summed E-state index contributed by atoms with van der Waals surface area (Å²) in [5.74, 6) is -2.99. The molecule has 4 rings (SSSR count).